The zero-order chi connectivity index (χ0) is 10.4. The fraction of sp³-hybridized carbons (Fsp3) is 0.333. The summed E-state index contributed by atoms with van der Waals surface area (Å²) in [5.41, 5.74) is 5.41. The molecule has 0 aromatic rings. The molecule has 0 bridgehead atoms. The Morgan fingerprint density at radius 1 is 1.64 bits per heavy atom. The van der Waals surface area contributed by atoms with E-state index in [1.807, 2.05) is 12.2 Å². The largest absolute Gasteiger partial charge is 0.492 e. The van der Waals surface area contributed by atoms with E-state index in [1.165, 1.54) is 6.92 Å². The van der Waals surface area contributed by atoms with Gasteiger partial charge in [0.05, 0.1) is 12.8 Å². The Labute approximate surface area is 82.3 Å². The smallest absolute Gasteiger partial charge is 0.223 e. The maximum atomic E-state index is 10.6. The highest BCUT2D eigenvalue weighted by Crippen LogP contribution is 2.01. The second-order valence-corrected chi connectivity index (χ2v) is 2.80. The molecular weight excluding hydrogens is 182 g/mol. The number of carbonyl (C=O) groups is 1. The van der Waals surface area contributed by atoms with E-state index >= 15 is 0 Å². The molecule has 0 aromatic heterocycles. The summed E-state index contributed by atoms with van der Waals surface area (Å²) in [6.07, 6.45) is 7.02. The maximum Gasteiger partial charge on any atom is 0.223 e. The van der Waals surface area contributed by atoms with Gasteiger partial charge in [0.1, 0.15) is 6.10 Å². The van der Waals surface area contributed by atoms with Crippen LogP contribution in [0.15, 0.2) is 29.5 Å². The quantitative estimate of drug-likeness (QED) is 0.477. The fourth-order valence-corrected chi connectivity index (χ4v) is 0.937. The number of hydrogen-bond donors (Lipinski definition) is 2. The third kappa shape index (κ3) is 3.75. The number of nitrogens with two attached hydrogens (primary N) is 1. The first-order valence-corrected chi connectivity index (χ1v) is 4.25. The molecule has 0 saturated heterocycles. The van der Waals surface area contributed by atoms with E-state index < -0.39 is 0 Å². The highest BCUT2D eigenvalue weighted by atomic mass is 16.5. The van der Waals surface area contributed by atoms with Gasteiger partial charge in [0.2, 0.25) is 5.91 Å². The second-order valence-electron chi connectivity index (χ2n) is 2.80. The monoisotopic (exact) mass is 195 g/mol. The summed E-state index contributed by atoms with van der Waals surface area (Å²) >= 11 is 0. The van der Waals surface area contributed by atoms with Crippen LogP contribution in [-0.2, 0) is 9.53 Å². The van der Waals surface area contributed by atoms with Crippen molar-refractivity contribution in [3.05, 3.63) is 24.5 Å². The number of guanidine groups is 1. The molecule has 1 aliphatic heterocycles. The van der Waals surface area contributed by atoms with E-state index in [-0.39, 0.29) is 18.0 Å². The van der Waals surface area contributed by atoms with Gasteiger partial charge in [0.25, 0.3) is 0 Å². The van der Waals surface area contributed by atoms with E-state index in [0.717, 1.165) is 0 Å². The predicted molar refractivity (Wildman–Crippen MR) is 53.5 cm³/mol. The van der Waals surface area contributed by atoms with E-state index in [1.54, 1.807) is 12.3 Å². The van der Waals surface area contributed by atoms with Crippen LogP contribution in [0.2, 0.25) is 0 Å². The summed E-state index contributed by atoms with van der Waals surface area (Å²) in [6.45, 7) is 1.77. The van der Waals surface area contributed by atoms with Crippen LogP contribution in [-0.4, -0.2) is 24.5 Å². The minimum absolute atomic E-state index is 0.104. The van der Waals surface area contributed by atoms with Crippen molar-refractivity contribution in [1.82, 2.24) is 5.32 Å². The molecule has 0 spiro atoms. The van der Waals surface area contributed by atoms with Crippen molar-refractivity contribution >= 4 is 11.9 Å². The topological polar surface area (TPSA) is 76.7 Å². The molecule has 5 nitrogen and oxygen atoms in total. The second kappa shape index (κ2) is 5.06. The molecule has 14 heavy (non-hydrogen) atoms. The Bertz CT molecular complexity index is 294. The first kappa shape index (κ1) is 10.3. The number of rotatable bonds is 2. The van der Waals surface area contributed by atoms with Crippen molar-refractivity contribution < 1.29 is 9.53 Å². The molecule has 1 amide bonds. The Morgan fingerprint density at radius 2 is 2.43 bits per heavy atom. The molecule has 0 fully saturated rings. The predicted octanol–water partition coefficient (Wildman–Crippen LogP) is -0.0941. The number of ether oxygens (including phenoxy) is 1. The minimum Gasteiger partial charge on any atom is -0.492 e. The van der Waals surface area contributed by atoms with Gasteiger partial charge in [-0.3, -0.25) is 10.1 Å². The van der Waals surface area contributed by atoms with Crippen molar-refractivity contribution in [3.8, 4) is 0 Å². The van der Waals surface area contributed by atoms with E-state index in [2.05, 4.69) is 10.3 Å². The summed E-state index contributed by atoms with van der Waals surface area (Å²) in [7, 11) is 0. The Kier molecular flexibility index (Phi) is 3.72. The summed E-state index contributed by atoms with van der Waals surface area (Å²) < 4.78 is 5.19. The SMILES string of the molecule is CC(=O)NC(N)=NCC1C=CC=CO1. The molecule has 1 aliphatic rings. The number of nitrogens with one attached hydrogen (secondary N) is 1. The van der Waals surface area contributed by atoms with Crippen LogP contribution in [0.5, 0.6) is 0 Å². The zero-order valence-electron chi connectivity index (χ0n) is 7.93. The average molecular weight is 195 g/mol. The summed E-state index contributed by atoms with van der Waals surface area (Å²) in [4.78, 5) is 14.5. The van der Waals surface area contributed by atoms with Crippen LogP contribution >= 0.6 is 0 Å². The van der Waals surface area contributed by atoms with Gasteiger partial charge in [-0.05, 0) is 12.2 Å². The molecule has 0 aromatic carbocycles. The lowest BCUT2D eigenvalue weighted by atomic mass is 10.3. The van der Waals surface area contributed by atoms with Crippen molar-refractivity contribution in [2.24, 2.45) is 10.7 Å². The third-order valence-corrected chi connectivity index (χ3v) is 1.51. The summed E-state index contributed by atoms with van der Waals surface area (Å²) in [5.74, 6) is -0.115. The van der Waals surface area contributed by atoms with Gasteiger partial charge in [0.15, 0.2) is 5.96 Å². The molecule has 1 rings (SSSR count). The lowest BCUT2D eigenvalue weighted by Gasteiger charge is -2.12. The molecule has 1 heterocycles. The lowest BCUT2D eigenvalue weighted by molar-refractivity contribution is -0.117. The molecule has 1 unspecified atom stereocenters. The van der Waals surface area contributed by atoms with Crippen molar-refractivity contribution in [2.75, 3.05) is 6.54 Å². The van der Waals surface area contributed by atoms with Gasteiger partial charge in [0, 0.05) is 6.92 Å². The molecule has 76 valence electrons. The maximum absolute atomic E-state index is 10.6. The van der Waals surface area contributed by atoms with Crippen molar-refractivity contribution in [2.45, 2.75) is 13.0 Å². The van der Waals surface area contributed by atoms with Gasteiger partial charge < -0.3 is 10.5 Å². The van der Waals surface area contributed by atoms with Crippen LogP contribution in [0.3, 0.4) is 0 Å². The third-order valence-electron chi connectivity index (χ3n) is 1.51. The molecule has 5 heteroatoms. The standard InChI is InChI=1S/C9H13N3O2/c1-7(13)12-9(10)11-6-8-4-2-3-5-14-8/h2-5,8H,6H2,1H3,(H3,10,11,12,13). The first-order valence-electron chi connectivity index (χ1n) is 4.25. The van der Waals surface area contributed by atoms with Crippen LogP contribution in [0, 0.1) is 0 Å². The van der Waals surface area contributed by atoms with Gasteiger partial charge in [-0.2, -0.15) is 0 Å². The summed E-state index contributed by atoms with van der Waals surface area (Å²) in [5, 5.41) is 2.37. The molecule has 0 radical (unpaired) electrons. The van der Waals surface area contributed by atoms with Crippen LogP contribution in [0.25, 0.3) is 0 Å². The average Bonchev–Trinajstić information content (AvgIpc) is 2.15. The van der Waals surface area contributed by atoms with Crippen LogP contribution < -0.4 is 11.1 Å². The van der Waals surface area contributed by atoms with Gasteiger partial charge >= 0.3 is 0 Å². The Hall–Kier alpha value is -1.78. The molecule has 3 N–H and O–H groups in total. The number of nitrogens with zero attached hydrogens (tertiary/aromatic N) is 1. The Balaban J connectivity index is 2.34. The number of hydrogen-bond acceptors (Lipinski definition) is 3. The van der Waals surface area contributed by atoms with Gasteiger partial charge in [-0.1, -0.05) is 6.08 Å². The normalized spacial score (nSPS) is 20.4. The number of allylic oxidation sites excluding steroid dienone is 2. The van der Waals surface area contributed by atoms with E-state index in [9.17, 15) is 4.79 Å². The number of aliphatic imine (C=N–C) groups is 1. The fourth-order valence-electron chi connectivity index (χ4n) is 0.937. The van der Waals surface area contributed by atoms with Crippen molar-refractivity contribution in [3.63, 3.8) is 0 Å². The van der Waals surface area contributed by atoms with Crippen LogP contribution in [0.1, 0.15) is 6.92 Å². The molecule has 0 saturated carbocycles. The highest BCUT2D eigenvalue weighted by molar-refractivity contribution is 5.94. The summed E-state index contributed by atoms with van der Waals surface area (Å²) in [6, 6.07) is 0. The van der Waals surface area contributed by atoms with Crippen molar-refractivity contribution in [1.29, 1.82) is 0 Å². The molecule has 0 aliphatic carbocycles. The zero-order valence-corrected chi connectivity index (χ0v) is 7.93. The van der Waals surface area contributed by atoms with E-state index in [0.29, 0.717) is 6.54 Å². The molecule has 1 atom stereocenters. The van der Waals surface area contributed by atoms with Gasteiger partial charge in [-0.15, -0.1) is 0 Å². The van der Waals surface area contributed by atoms with Gasteiger partial charge in [-0.25, -0.2) is 4.99 Å². The first-order chi connectivity index (χ1) is 6.68. The lowest BCUT2D eigenvalue weighted by Crippen LogP contribution is -2.35. The number of carbonyl (C=O) groups excluding carboxylic acids is 1. The molecular formula is C9H13N3O2. The van der Waals surface area contributed by atoms with E-state index in [4.69, 9.17) is 10.5 Å². The minimum atomic E-state index is -0.230. The van der Waals surface area contributed by atoms with Crippen LogP contribution in [0.4, 0.5) is 0 Å². The highest BCUT2D eigenvalue weighted by Gasteiger charge is 2.04. The Morgan fingerprint density at radius 3 is 3.00 bits per heavy atom. The number of amides is 1.